The summed E-state index contributed by atoms with van der Waals surface area (Å²) in [6.07, 6.45) is 3.69. The van der Waals surface area contributed by atoms with Crippen molar-refractivity contribution in [2.24, 2.45) is 0 Å². The molecule has 0 heterocycles. The topological polar surface area (TPSA) is 55.2 Å². The highest BCUT2D eigenvalue weighted by Gasteiger charge is 2.32. The molecule has 98 valence electrons. The third-order valence-corrected chi connectivity index (χ3v) is 3.35. The minimum Gasteiger partial charge on any atom is -0.374 e. The van der Waals surface area contributed by atoms with Gasteiger partial charge in [0.05, 0.1) is 4.92 Å². The van der Waals surface area contributed by atoms with Crippen LogP contribution in [0.3, 0.4) is 0 Å². The number of hydrogen-bond donors (Lipinski definition) is 1. The van der Waals surface area contributed by atoms with Crippen LogP contribution < -0.4 is 5.32 Å². The largest absolute Gasteiger partial charge is 0.374 e. The molecule has 0 amide bonds. The molecule has 1 N–H and O–H groups in total. The van der Waals surface area contributed by atoms with Gasteiger partial charge in [0.25, 0.3) is 0 Å². The van der Waals surface area contributed by atoms with E-state index in [9.17, 15) is 18.9 Å². The van der Waals surface area contributed by atoms with E-state index in [-0.39, 0.29) is 11.2 Å². The van der Waals surface area contributed by atoms with Crippen LogP contribution in [0, 0.1) is 21.7 Å². The fourth-order valence-corrected chi connectivity index (χ4v) is 2.45. The quantitative estimate of drug-likeness (QED) is 0.663. The fourth-order valence-electron chi connectivity index (χ4n) is 2.45. The molecule has 0 aromatic heterocycles. The molecule has 0 aliphatic heterocycles. The van der Waals surface area contributed by atoms with Gasteiger partial charge in [-0.05, 0) is 19.8 Å². The van der Waals surface area contributed by atoms with Crippen molar-refractivity contribution in [2.45, 2.75) is 38.1 Å². The van der Waals surface area contributed by atoms with Gasteiger partial charge in [-0.1, -0.05) is 12.8 Å². The van der Waals surface area contributed by atoms with Gasteiger partial charge in [0.1, 0.15) is 11.5 Å². The lowest BCUT2D eigenvalue weighted by atomic mass is 10.00. The molecule has 1 aliphatic carbocycles. The summed E-state index contributed by atoms with van der Waals surface area (Å²) in [7, 11) is 0. The Hall–Kier alpha value is -1.72. The van der Waals surface area contributed by atoms with Crippen molar-refractivity contribution in [1.82, 2.24) is 0 Å². The maximum absolute atomic E-state index is 13.4. The molecule has 0 atom stereocenters. The van der Waals surface area contributed by atoms with Gasteiger partial charge < -0.3 is 5.32 Å². The van der Waals surface area contributed by atoms with Crippen LogP contribution in [0.5, 0.6) is 0 Å². The molecule has 18 heavy (non-hydrogen) atoms. The first kappa shape index (κ1) is 12.7. The third-order valence-electron chi connectivity index (χ3n) is 3.35. The highest BCUT2D eigenvalue weighted by molar-refractivity contribution is 5.63. The van der Waals surface area contributed by atoms with Crippen molar-refractivity contribution >= 4 is 11.4 Å². The van der Waals surface area contributed by atoms with Gasteiger partial charge in [0.2, 0.25) is 5.82 Å². The smallest absolute Gasteiger partial charge is 0.327 e. The van der Waals surface area contributed by atoms with Gasteiger partial charge in [-0.3, -0.25) is 10.1 Å². The van der Waals surface area contributed by atoms with Crippen LogP contribution in [0.1, 0.15) is 32.6 Å². The van der Waals surface area contributed by atoms with E-state index in [4.69, 9.17) is 0 Å². The highest BCUT2D eigenvalue weighted by Crippen LogP contribution is 2.37. The number of rotatable bonds is 3. The van der Waals surface area contributed by atoms with E-state index >= 15 is 0 Å². The minimum atomic E-state index is -1.15. The van der Waals surface area contributed by atoms with Crippen molar-refractivity contribution in [1.29, 1.82) is 0 Å². The monoisotopic (exact) mass is 256 g/mol. The molecular weight excluding hydrogens is 242 g/mol. The standard InChI is InChI=1S/C12H14F2N2O2/c1-12(4-2-3-5-12)15-10-7-8(13)6-9(14)11(10)16(17)18/h6-7,15H,2-5H2,1H3. The summed E-state index contributed by atoms with van der Waals surface area (Å²) < 4.78 is 26.6. The summed E-state index contributed by atoms with van der Waals surface area (Å²) in [6, 6.07) is 1.51. The summed E-state index contributed by atoms with van der Waals surface area (Å²) in [5.41, 5.74) is -1.10. The second-order valence-electron chi connectivity index (χ2n) is 4.93. The number of nitro benzene ring substituents is 1. The SMILES string of the molecule is CC1(Nc2cc(F)cc(F)c2[N+](=O)[O-])CCCC1. The second kappa shape index (κ2) is 4.51. The lowest BCUT2D eigenvalue weighted by Crippen LogP contribution is -2.31. The van der Waals surface area contributed by atoms with E-state index in [1.54, 1.807) is 0 Å². The van der Waals surface area contributed by atoms with Crippen LogP contribution in [0.4, 0.5) is 20.2 Å². The zero-order valence-corrected chi connectivity index (χ0v) is 10.0. The van der Waals surface area contributed by atoms with Crippen LogP contribution in [-0.4, -0.2) is 10.5 Å². The average Bonchev–Trinajstić information content (AvgIpc) is 2.62. The second-order valence-corrected chi connectivity index (χ2v) is 4.93. The molecule has 0 spiro atoms. The Labute approximate surface area is 103 Å². The first-order chi connectivity index (χ1) is 8.41. The molecule has 1 aromatic carbocycles. The van der Waals surface area contributed by atoms with Crippen LogP contribution in [0.25, 0.3) is 0 Å². The Kier molecular flexibility index (Phi) is 3.19. The summed E-state index contributed by atoms with van der Waals surface area (Å²) >= 11 is 0. The molecule has 1 saturated carbocycles. The van der Waals surface area contributed by atoms with E-state index in [1.807, 2.05) is 6.92 Å². The van der Waals surface area contributed by atoms with Crippen molar-refractivity contribution in [3.63, 3.8) is 0 Å². The summed E-state index contributed by atoms with van der Waals surface area (Å²) in [6.45, 7) is 1.91. The van der Waals surface area contributed by atoms with Gasteiger partial charge in [-0.15, -0.1) is 0 Å². The molecular formula is C12H14F2N2O2. The van der Waals surface area contributed by atoms with Crippen LogP contribution >= 0.6 is 0 Å². The van der Waals surface area contributed by atoms with Crippen molar-refractivity contribution < 1.29 is 13.7 Å². The summed E-state index contributed by atoms with van der Waals surface area (Å²) in [5.74, 6) is -1.97. The zero-order chi connectivity index (χ0) is 13.3. The number of benzene rings is 1. The number of anilines is 1. The molecule has 4 nitrogen and oxygen atoms in total. The Morgan fingerprint density at radius 2 is 1.94 bits per heavy atom. The number of nitrogens with one attached hydrogen (secondary N) is 1. The average molecular weight is 256 g/mol. The predicted octanol–water partition coefficient (Wildman–Crippen LogP) is 3.62. The van der Waals surface area contributed by atoms with Gasteiger partial charge in [0.15, 0.2) is 0 Å². The van der Waals surface area contributed by atoms with E-state index in [0.29, 0.717) is 6.07 Å². The Morgan fingerprint density at radius 3 is 2.50 bits per heavy atom. The Morgan fingerprint density at radius 1 is 1.33 bits per heavy atom. The van der Waals surface area contributed by atoms with Crippen molar-refractivity contribution in [2.75, 3.05) is 5.32 Å². The molecule has 1 fully saturated rings. The lowest BCUT2D eigenvalue weighted by molar-refractivity contribution is -0.386. The van der Waals surface area contributed by atoms with Gasteiger partial charge in [0, 0.05) is 17.7 Å². The molecule has 1 aliphatic rings. The van der Waals surface area contributed by atoms with Crippen LogP contribution in [-0.2, 0) is 0 Å². The van der Waals surface area contributed by atoms with Crippen LogP contribution in [0.2, 0.25) is 0 Å². The van der Waals surface area contributed by atoms with Gasteiger partial charge in [-0.25, -0.2) is 4.39 Å². The number of nitro groups is 1. The molecule has 2 rings (SSSR count). The minimum absolute atomic E-state index is 0.0816. The molecule has 0 radical (unpaired) electrons. The summed E-state index contributed by atoms with van der Waals surface area (Å²) in [5, 5.41) is 13.8. The van der Waals surface area contributed by atoms with Crippen LogP contribution in [0.15, 0.2) is 12.1 Å². The van der Waals surface area contributed by atoms with Gasteiger partial charge >= 0.3 is 5.69 Å². The van der Waals surface area contributed by atoms with E-state index in [1.165, 1.54) is 0 Å². The number of hydrogen-bond acceptors (Lipinski definition) is 3. The fraction of sp³-hybridized carbons (Fsp3) is 0.500. The normalized spacial score (nSPS) is 17.7. The van der Waals surface area contributed by atoms with Crippen molar-refractivity contribution in [3.8, 4) is 0 Å². The number of halogens is 2. The van der Waals surface area contributed by atoms with E-state index in [0.717, 1.165) is 31.7 Å². The molecule has 0 unspecified atom stereocenters. The maximum Gasteiger partial charge on any atom is 0.327 e. The molecule has 6 heteroatoms. The third kappa shape index (κ3) is 2.42. The molecule has 1 aromatic rings. The first-order valence-electron chi connectivity index (χ1n) is 5.83. The Balaban J connectivity index is 2.39. The van der Waals surface area contributed by atoms with E-state index < -0.39 is 22.2 Å². The molecule has 0 saturated heterocycles. The summed E-state index contributed by atoms with van der Waals surface area (Å²) in [4.78, 5) is 10.0. The Bertz CT molecular complexity index is 485. The van der Waals surface area contributed by atoms with Crippen molar-refractivity contribution in [3.05, 3.63) is 33.9 Å². The zero-order valence-electron chi connectivity index (χ0n) is 10.0. The maximum atomic E-state index is 13.4. The molecule has 0 bridgehead atoms. The first-order valence-corrected chi connectivity index (χ1v) is 5.83. The van der Waals surface area contributed by atoms with E-state index in [2.05, 4.69) is 5.32 Å². The predicted molar refractivity (Wildman–Crippen MR) is 63.5 cm³/mol. The van der Waals surface area contributed by atoms with Gasteiger partial charge in [-0.2, -0.15) is 4.39 Å². The number of nitrogens with zero attached hydrogens (tertiary/aromatic N) is 1. The lowest BCUT2D eigenvalue weighted by Gasteiger charge is -2.26. The highest BCUT2D eigenvalue weighted by atomic mass is 19.1.